The van der Waals surface area contributed by atoms with E-state index in [0.717, 1.165) is 35.4 Å². The fraction of sp³-hybridized carbons (Fsp3) is 0.500. The number of aromatic amines is 1. The number of rotatable bonds is 2. The molecule has 0 amide bonds. The Morgan fingerprint density at radius 3 is 3.06 bits per heavy atom. The molecule has 0 saturated carbocycles. The minimum atomic E-state index is -0.432. The van der Waals surface area contributed by atoms with Gasteiger partial charge in [-0.2, -0.15) is 0 Å². The number of hydrogen-bond donors (Lipinski definition) is 3. The molecule has 0 bridgehead atoms. The van der Waals surface area contributed by atoms with Gasteiger partial charge in [0.25, 0.3) is 0 Å². The summed E-state index contributed by atoms with van der Waals surface area (Å²) in [5, 5.41) is 13.8. The van der Waals surface area contributed by atoms with Crippen molar-refractivity contribution in [1.82, 2.24) is 15.3 Å². The van der Waals surface area contributed by atoms with Gasteiger partial charge in [0.2, 0.25) is 0 Å². The van der Waals surface area contributed by atoms with E-state index in [4.69, 9.17) is 0 Å². The molecule has 2 atom stereocenters. The second-order valence-electron chi connectivity index (χ2n) is 5.10. The number of imidazole rings is 1. The largest absolute Gasteiger partial charge is 0.387 e. The highest BCUT2D eigenvalue weighted by atomic mass is 16.3. The molecule has 96 valence electrons. The van der Waals surface area contributed by atoms with E-state index in [1.165, 1.54) is 12.8 Å². The van der Waals surface area contributed by atoms with Gasteiger partial charge >= 0.3 is 0 Å². The zero-order valence-corrected chi connectivity index (χ0v) is 10.6. The van der Waals surface area contributed by atoms with Gasteiger partial charge in [0, 0.05) is 6.04 Å². The standard InChI is InChI=1S/C14H19N3O/c1-9-16-11-6-5-10(8-13(11)17-9)14(18)12-4-2-3-7-15-12/h5-6,8,12,14-15,18H,2-4,7H2,1H3,(H,16,17). The summed E-state index contributed by atoms with van der Waals surface area (Å²) in [5.41, 5.74) is 2.92. The van der Waals surface area contributed by atoms with Crippen LogP contribution in [-0.2, 0) is 0 Å². The summed E-state index contributed by atoms with van der Waals surface area (Å²) in [7, 11) is 0. The minimum absolute atomic E-state index is 0.181. The number of piperidine rings is 1. The third-order valence-corrected chi connectivity index (χ3v) is 3.70. The zero-order chi connectivity index (χ0) is 12.5. The van der Waals surface area contributed by atoms with E-state index in [2.05, 4.69) is 15.3 Å². The van der Waals surface area contributed by atoms with Crippen molar-refractivity contribution in [2.24, 2.45) is 0 Å². The number of aliphatic hydroxyl groups is 1. The first-order valence-electron chi connectivity index (χ1n) is 6.62. The first-order chi connectivity index (χ1) is 8.74. The Morgan fingerprint density at radius 1 is 1.39 bits per heavy atom. The Kier molecular flexibility index (Phi) is 3.06. The summed E-state index contributed by atoms with van der Waals surface area (Å²) in [6, 6.07) is 6.14. The van der Waals surface area contributed by atoms with Crippen LogP contribution in [0.3, 0.4) is 0 Å². The van der Waals surface area contributed by atoms with Crippen molar-refractivity contribution in [2.45, 2.75) is 38.3 Å². The zero-order valence-electron chi connectivity index (χ0n) is 10.6. The van der Waals surface area contributed by atoms with Crippen molar-refractivity contribution in [3.05, 3.63) is 29.6 Å². The molecule has 1 fully saturated rings. The summed E-state index contributed by atoms with van der Waals surface area (Å²) in [5.74, 6) is 0.910. The molecule has 1 aromatic carbocycles. The van der Waals surface area contributed by atoms with Crippen LogP contribution in [-0.4, -0.2) is 27.7 Å². The third kappa shape index (κ3) is 2.13. The number of aliphatic hydroxyl groups excluding tert-OH is 1. The molecule has 0 radical (unpaired) electrons. The van der Waals surface area contributed by atoms with Crippen LogP contribution in [0.15, 0.2) is 18.2 Å². The fourth-order valence-corrected chi connectivity index (χ4v) is 2.72. The molecule has 1 saturated heterocycles. The molecule has 3 rings (SSSR count). The molecule has 1 aliphatic rings. The Morgan fingerprint density at radius 2 is 2.28 bits per heavy atom. The second-order valence-corrected chi connectivity index (χ2v) is 5.10. The number of benzene rings is 1. The summed E-state index contributed by atoms with van der Waals surface area (Å²) in [6.07, 6.45) is 3.02. The smallest absolute Gasteiger partial charge is 0.104 e. The van der Waals surface area contributed by atoms with Gasteiger partial charge in [0.05, 0.1) is 17.1 Å². The van der Waals surface area contributed by atoms with Gasteiger partial charge < -0.3 is 15.4 Å². The van der Waals surface area contributed by atoms with Crippen molar-refractivity contribution in [3.63, 3.8) is 0 Å². The highest BCUT2D eigenvalue weighted by Crippen LogP contribution is 2.25. The Balaban J connectivity index is 1.88. The summed E-state index contributed by atoms with van der Waals surface area (Å²) >= 11 is 0. The van der Waals surface area contributed by atoms with Gasteiger partial charge in [-0.05, 0) is 44.0 Å². The number of fused-ring (bicyclic) bond motifs is 1. The Labute approximate surface area is 106 Å². The van der Waals surface area contributed by atoms with Crippen LogP contribution in [0, 0.1) is 6.92 Å². The van der Waals surface area contributed by atoms with E-state index in [1.54, 1.807) is 0 Å². The summed E-state index contributed by atoms with van der Waals surface area (Å²) < 4.78 is 0. The van der Waals surface area contributed by atoms with Crippen molar-refractivity contribution in [3.8, 4) is 0 Å². The molecule has 4 nitrogen and oxygen atoms in total. The number of aryl methyl sites for hydroxylation is 1. The average Bonchev–Trinajstić information content (AvgIpc) is 2.78. The summed E-state index contributed by atoms with van der Waals surface area (Å²) in [6.45, 7) is 2.95. The van der Waals surface area contributed by atoms with Gasteiger partial charge in [-0.15, -0.1) is 0 Å². The van der Waals surface area contributed by atoms with Crippen molar-refractivity contribution < 1.29 is 5.11 Å². The molecule has 1 aliphatic heterocycles. The quantitative estimate of drug-likeness (QED) is 0.759. The number of hydrogen-bond acceptors (Lipinski definition) is 3. The van der Waals surface area contributed by atoms with E-state index in [1.807, 2.05) is 25.1 Å². The average molecular weight is 245 g/mol. The normalized spacial score (nSPS) is 22.2. The van der Waals surface area contributed by atoms with Crippen LogP contribution in [0.1, 0.15) is 36.8 Å². The molecule has 0 spiro atoms. The van der Waals surface area contributed by atoms with E-state index in [9.17, 15) is 5.11 Å². The van der Waals surface area contributed by atoms with Crippen molar-refractivity contribution >= 4 is 11.0 Å². The van der Waals surface area contributed by atoms with Gasteiger partial charge in [0.1, 0.15) is 5.82 Å². The highest BCUT2D eigenvalue weighted by Gasteiger charge is 2.22. The lowest BCUT2D eigenvalue weighted by Gasteiger charge is -2.28. The van der Waals surface area contributed by atoms with Crippen LogP contribution in [0.5, 0.6) is 0 Å². The van der Waals surface area contributed by atoms with Crippen LogP contribution >= 0.6 is 0 Å². The molecule has 4 heteroatoms. The monoisotopic (exact) mass is 245 g/mol. The van der Waals surface area contributed by atoms with Crippen molar-refractivity contribution in [1.29, 1.82) is 0 Å². The van der Waals surface area contributed by atoms with Gasteiger partial charge in [-0.25, -0.2) is 4.98 Å². The minimum Gasteiger partial charge on any atom is -0.387 e. The van der Waals surface area contributed by atoms with E-state index >= 15 is 0 Å². The maximum absolute atomic E-state index is 10.4. The molecule has 2 heterocycles. The number of nitrogens with one attached hydrogen (secondary N) is 2. The molecule has 2 unspecified atom stereocenters. The maximum atomic E-state index is 10.4. The lowest BCUT2D eigenvalue weighted by Crippen LogP contribution is -2.38. The first-order valence-corrected chi connectivity index (χ1v) is 6.62. The van der Waals surface area contributed by atoms with Gasteiger partial charge in [-0.3, -0.25) is 0 Å². The predicted octanol–water partition coefficient (Wildman–Crippen LogP) is 2.05. The SMILES string of the molecule is Cc1nc2ccc(C(O)C3CCCCN3)cc2[nH]1. The second kappa shape index (κ2) is 4.71. The van der Waals surface area contributed by atoms with E-state index in [0.29, 0.717) is 0 Å². The molecule has 2 aromatic rings. The highest BCUT2D eigenvalue weighted by molar-refractivity contribution is 5.75. The third-order valence-electron chi connectivity index (χ3n) is 3.70. The Bertz CT molecular complexity index is 543. The predicted molar refractivity (Wildman–Crippen MR) is 71.4 cm³/mol. The van der Waals surface area contributed by atoms with Crippen LogP contribution in [0.25, 0.3) is 11.0 Å². The Hall–Kier alpha value is -1.39. The molecule has 3 N–H and O–H groups in total. The fourth-order valence-electron chi connectivity index (χ4n) is 2.72. The number of aromatic nitrogens is 2. The van der Waals surface area contributed by atoms with Gasteiger partial charge in [0.15, 0.2) is 0 Å². The van der Waals surface area contributed by atoms with Crippen LogP contribution in [0.2, 0.25) is 0 Å². The van der Waals surface area contributed by atoms with E-state index < -0.39 is 6.10 Å². The lowest BCUT2D eigenvalue weighted by molar-refractivity contribution is 0.114. The van der Waals surface area contributed by atoms with Crippen molar-refractivity contribution in [2.75, 3.05) is 6.54 Å². The number of H-pyrrole nitrogens is 1. The van der Waals surface area contributed by atoms with Gasteiger partial charge in [-0.1, -0.05) is 12.5 Å². The molecule has 0 aliphatic carbocycles. The maximum Gasteiger partial charge on any atom is 0.104 e. The lowest BCUT2D eigenvalue weighted by atomic mass is 9.95. The molecule has 18 heavy (non-hydrogen) atoms. The summed E-state index contributed by atoms with van der Waals surface area (Å²) in [4.78, 5) is 7.59. The van der Waals surface area contributed by atoms with Crippen LogP contribution in [0.4, 0.5) is 0 Å². The van der Waals surface area contributed by atoms with E-state index in [-0.39, 0.29) is 6.04 Å². The topological polar surface area (TPSA) is 60.9 Å². The first kappa shape index (κ1) is 11.7. The molecule has 1 aromatic heterocycles. The number of nitrogens with zero attached hydrogens (tertiary/aromatic N) is 1. The molecular weight excluding hydrogens is 226 g/mol. The van der Waals surface area contributed by atoms with Crippen LogP contribution < -0.4 is 5.32 Å². The molecular formula is C14H19N3O.